The summed E-state index contributed by atoms with van der Waals surface area (Å²) in [5.74, 6) is 1.46. The maximum atomic E-state index is 12.0. The Kier molecular flexibility index (Phi) is 4.86. The number of carbonyl (C=O) groups excluding carboxylic acids is 1. The molecule has 25 heavy (non-hydrogen) atoms. The number of rotatable bonds is 6. The molecule has 2 heterocycles. The van der Waals surface area contributed by atoms with Gasteiger partial charge in [-0.05, 0) is 57.9 Å². The van der Waals surface area contributed by atoms with Crippen molar-refractivity contribution in [3.05, 3.63) is 15.8 Å². The van der Waals surface area contributed by atoms with Crippen LogP contribution in [0.15, 0.2) is 10.5 Å². The number of nitrogens with one attached hydrogen (secondary N) is 1. The van der Waals surface area contributed by atoms with Gasteiger partial charge in [-0.25, -0.2) is 0 Å². The van der Waals surface area contributed by atoms with Crippen LogP contribution in [0.4, 0.5) is 0 Å². The Morgan fingerprint density at radius 3 is 2.92 bits per heavy atom. The average Bonchev–Trinajstić information content (AvgIpc) is 3.15. The molecule has 134 valence electrons. The lowest BCUT2D eigenvalue weighted by Crippen LogP contribution is -2.27. The largest absolute Gasteiger partial charge is 0.353 e. The van der Waals surface area contributed by atoms with E-state index >= 15 is 0 Å². The second kappa shape index (κ2) is 7.11. The molecule has 0 bridgehead atoms. The summed E-state index contributed by atoms with van der Waals surface area (Å²) in [5, 5.41) is 15.0. The first-order valence-electron chi connectivity index (χ1n) is 9.10. The fourth-order valence-electron chi connectivity index (χ4n) is 3.33. The van der Waals surface area contributed by atoms with E-state index in [0.29, 0.717) is 11.8 Å². The second-order valence-electron chi connectivity index (χ2n) is 7.16. The van der Waals surface area contributed by atoms with Crippen molar-refractivity contribution in [3.63, 3.8) is 0 Å². The van der Waals surface area contributed by atoms with Gasteiger partial charge in [-0.1, -0.05) is 11.8 Å². The zero-order valence-corrected chi connectivity index (χ0v) is 16.4. The van der Waals surface area contributed by atoms with E-state index in [1.54, 1.807) is 0 Å². The Morgan fingerprint density at radius 2 is 2.16 bits per heavy atom. The van der Waals surface area contributed by atoms with Crippen LogP contribution in [0.25, 0.3) is 11.4 Å². The lowest BCUT2D eigenvalue weighted by molar-refractivity contribution is -0.118. The zero-order chi connectivity index (χ0) is 17.4. The molecule has 2 aromatic heterocycles. The number of nitrogens with zero attached hydrogens (tertiary/aromatic N) is 3. The van der Waals surface area contributed by atoms with Crippen LogP contribution in [0.2, 0.25) is 0 Å². The summed E-state index contributed by atoms with van der Waals surface area (Å²) in [7, 11) is 0. The highest BCUT2D eigenvalue weighted by Crippen LogP contribution is 2.37. The summed E-state index contributed by atoms with van der Waals surface area (Å²) in [6, 6.07) is 0.669. The Balaban J connectivity index is 1.57. The van der Waals surface area contributed by atoms with Gasteiger partial charge in [0.05, 0.1) is 5.75 Å². The third-order valence-corrected chi connectivity index (χ3v) is 6.79. The highest BCUT2D eigenvalue weighted by molar-refractivity contribution is 7.99. The number of carbonyl (C=O) groups is 1. The van der Waals surface area contributed by atoms with E-state index < -0.39 is 0 Å². The Hall–Kier alpha value is -1.34. The number of fused-ring (bicyclic) bond motifs is 1. The topological polar surface area (TPSA) is 59.8 Å². The van der Waals surface area contributed by atoms with Crippen molar-refractivity contribution in [1.82, 2.24) is 20.1 Å². The second-order valence-corrected chi connectivity index (χ2v) is 9.07. The van der Waals surface area contributed by atoms with Gasteiger partial charge in [0.15, 0.2) is 11.0 Å². The van der Waals surface area contributed by atoms with E-state index in [0.717, 1.165) is 30.2 Å². The average molecular weight is 377 g/mol. The molecule has 4 rings (SSSR count). The van der Waals surface area contributed by atoms with Gasteiger partial charge in [0.2, 0.25) is 5.91 Å². The molecule has 0 saturated heterocycles. The van der Waals surface area contributed by atoms with E-state index in [2.05, 4.69) is 39.3 Å². The Bertz CT molecular complexity index is 776. The van der Waals surface area contributed by atoms with E-state index in [-0.39, 0.29) is 11.9 Å². The lowest BCUT2D eigenvalue weighted by Gasteiger charge is -2.16. The minimum absolute atomic E-state index is 0.0975. The highest BCUT2D eigenvalue weighted by Gasteiger charge is 2.25. The number of aromatic nitrogens is 3. The van der Waals surface area contributed by atoms with Crippen LogP contribution in [-0.4, -0.2) is 32.5 Å². The summed E-state index contributed by atoms with van der Waals surface area (Å²) in [5.41, 5.74) is 2.71. The van der Waals surface area contributed by atoms with Gasteiger partial charge < -0.3 is 5.32 Å². The number of aryl methyl sites for hydroxylation is 1. The monoisotopic (exact) mass is 376 g/mol. The molecular formula is C18H24N4OS2. The van der Waals surface area contributed by atoms with Gasteiger partial charge >= 0.3 is 0 Å². The minimum atomic E-state index is 0.0975. The number of thiophene rings is 1. The van der Waals surface area contributed by atoms with Crippen LogP contribution >= 0.6 is 23.1 Å². The molecular weight excluding hydrogens is 352 g/mol. The van der Waals surface area contributed by atoms with Gasteiger partial charge in [-0.3, -0.25) is 9.36 Å². The molecule has 0 unspecified atom stereocenters. The molecule has 1 amide bonds. The van der Waals surface area contributed by atoms with Gasteiger partial charge in [-0.15, -0.1) is 21.5 Å². The molecule has 0 aromatic carbocycles. The minimum Gasteiger partial charge on any atom is -0.353 e. The number of thioether (sulfide) groups is 1. The van der Waals surface area contributed by atoms with E-state index in [4.69, 9.17) is 0 Å². The number of hydrogen-bond donors (Lipinski definition) is 1. The van der Waals surface area contributed by atoms with Crippen molar-refractivity contribution in [2.24, 2.45) is 0 Å². The molecule has 5 nitrogen and oxygen atoms in total. The van der Waals surface area contributed by atoms with Gasteiger partial charge in [0, 0.05) is 27.9 Å². The molecule has 0 atom stereocenters. The van der Waals surface area contributed by atoms with Crippen molar-refractivity contribution in [1.29, 1.82) is 0 Å². The van der Waals surface area contributed by atoms with Crippen LogP contribution in [-0.2, 0) is 17.6 Å². The molecule has 0 aliphatic heterocycles. The standard InChI is InChI=1S/C18H24N4OS2/c1-11(2)22-17(14-9-24-15-6-4-3-5-13(14)15)20-21-18(22)25-10-16(23)19-12-7-8-12/h9,11-12H,3-8,10H2,1-2H3,(H,19,23). The van der Waals surface area contributed by atoms with Gasteiger partial charge in [0.25, 0.3) is 0 Å². The predicted molar refractivity (Wildman–Crippen MR) is 102 cm³/mol. The van der Waals surface area contributed by atoms with Crippen LogP contribution in [0.3, 0.4) is 0 Å². The molecule has 2 aliphatic rings. The molecule has 2 aromatic rings. The molecule has 0 radical (unpaired) electrons. The Labute approximate surface area is 156 Å². The first-order valence-corrected chi connectivity index (χ1v) is 11.0. The molecule has 1 N–H and O–H groups in total. The summed E-state index contributed by atoms with van der Waals surface area (Å²) in [4.78, 5) is 13.5. The summed E-state index contributed by atoms with van der Waals surface area (Å²) in [6.45, 7) is 4.31. The lowest BCUT2D eigenvalue weighted by atomic mass is 9.95. The van der Waals surface area contributed by atoms with Gasteiger partial charge in [-0.2, -0.15) is 0 Å². The molecule has 0 spiro atoms. The third-order valence-electron chi connectivity index (χ3n) is 4.76. The molecule has 1 saturated carbocycles. The highest BCUT2D eigenvalue weighted by atomic mass is 32.2. The third kappa shape index (κ3) is 3.62. The van der Waals surface area contributed by atoms with Crippen molar-refractivity contribution < 1.29 is 4.79 Å². The molecule has 7 heteroatoms. The predicted octanol–water partition coefficient (Wildman–Crippen LogP) is 3.84. The molecule has 2 aliphatic carbocycles. The first-order chi connectivity index (χ1) is 12.1. The molecule has 1 fully saturated rings. The van der Waals surface area contributed by atoms with Crippen molar-refractivity contribution >= 4 is 29.0 Å². The zero-order valence-electron chi connectivity index (χ0n) is 14.7. The number of amides is 1. The van der Waals surface area contributed by atoms with Gasteiger partial charge in [0.1, 0.15) is 0 Å². The van der Waals surface area contributed by atoms with E-state index in [9.17, 15) is 4.79 Å². The normalized spacial score (nSPS) is 16.9. The van der Waals surface area contributed by atoms with Crippen LogP contribution in [0.5, 0.6) is 0 Å². The van der Waals surface area contributed by atoms with E-state index in [1.165, 1.54) is 47.0 Å². The summed E-state index contributed by atoms with van der Waals surface area (Å²) >= 11 is 3.35. The fraction of sp³-hybridized carbons (Fsp3) is 0.611. The summed E-state index contributed by atoms with van der Waals surface area (Å²) in [6.07, 6.45) is 7.12. The number of hydrogen-bond acceptors (Lipinski definition) is 5. The maximum absolute atomic E-state index is 12.0. The van der Waals surface area contributed by atoms with Crippen molar-refractivity contribution in [3.8, 4) is 11.4 Å². The van der Waals surface area contributed by atoms with Crippen LogP contribution in [0.1, 0.15) is 56.0 Å². The first kappa shape index (κ1) is 17.1. The fourth-order valence-corrected chi connectivity index (χ4v) is 5.34. The maximum Gasteiger partial charge on any atom is 0.230 e. The summed E-state index contributed by atoms with van der Waals surface area (Å²) < 4.78 is 2.19. The van der Waals surface area contributed by atoms with Crippen LogP contribution < -0.4 is 5.32 Å². The SMILES string of the molecule is CC(C)n1c(SCC(=O)NC2CC2)nnc1-c1csc2c1CCCC2. The van der Waals surface area contributed by atoms with Crippen molar-refractivity contribution in [2.75, 3.05) is 5.75 Å². The quantitative estimate of drug-likeness (QED) is 0.778. The Morgan fingerprint density at radius 1 is 1.36 bits per heavy atom. The van der Waals surface area contributed by atoms with Crippen LogP contribution in [0, 0.1) is 0 Å². The smallest absolute Gasteiger partial charge is 0.230 e. The van der Waals surface area contributed by atoms with E-state index in [1.807, 2.05) is 11.3 Å². The van der Waals surface area contributed by atoms with Crippen molar-refractivity contribution in [2.45, 2.75) is 69.6 Å².